The van der Waals surface area contributed by atoms with E-state index in [2.05, 4.69) is 42.5 Å². The third-order valence-corrected chi connectivity index (χ3v) is 3.58. The molecule has 0 bridgehead atoms. The van der Waals surface area contributed by atoms with Gasteiger partial charge in [0.05, 0.1) is 18.2 Å². The predicted octanol–water partition coefficient (Wildman–Crippen LogP) is 3.33. The number of amides is 2. The van der Waals surface area contributed by atoms with Crippen molar-refractivity contribution >= 4 is 43.9 Å². The molecule has 1 atom stereocenters. The highest BCUT2D eigenvalue weighted by molar-refractivity contribution is 9.24. The van der Waals surface area contributed by atoms with E-state index in [1.54, 1.807) is 38.1 Å². The number of halogens is 2. The molecule has 2 N–H and O–H groups in total. The standard InChI is InChI=1S/C15H16Br2N2O4/c1-3-22-13(20)11-8(2)18-15(21)19-12(11)9-4-6-10(7-5-9)23-14(16)17/h4-7,12,14H,3H2,1-2H3,(H2,18,19,21)/t12-/m1/s1. The fourth-order valence-corrected chi connectivity index (χ4v) is 2.70. The number of hydrogen-bond acceptors (Lipinski definition) is 4. The summed E-state index contributed by atoms with van der Waals surface area (Å²) in [6, 6.07) is 6.18. The molecule has 8 heteroatoms. The van der Waals surface area contributed by atoms with Crippen molar-refractivity contribution in [3.05, 3.63) is 41.1 Å². The Balaban J connectivity index is 2.32. The summed E-state index contributed by atoms with van der Waals surface area (Å²) >= 11 is 6.46. The van der Waals surface area contributed by atoms with Crippen LogP contribution < -0.4 is 15.4 Å². The number of ether oxygens (including phenoxy) is 2. The molecular formula is C15H16Br2N2O4. The first-order valence-electron chi connectivity index (χ1n) is 6.92. The first-order chi connectivity index (χ1) is 10.9. The van der Waals surface area contributed by atoms with Gasteiger partial charge in [0.2, 0.25) is 3.92 Å². The maximum absolute atomic E-state index is 12.2. The van der Waals surface area contributed by atoms with Gasteiger partial charge in [-0.25, -0.2) is 9.59 Å². The first kappa shape index (κ1) is 17.8. The molecule has 0 fully saturated rings. The Kier molecular flexibility index (Phi) is 6.06. The molecule has 2 amide bonds. The summed E-state index contributed by atoms with van der Waals surface area (Å²) < 4.78 is 10.2. The SMILES string of the molecule is CCOC(=O)C1=C(C)NC(=O)N[C@@H]1c1ccc(OC(Br)Br)cc1. The van der Waals surface area contributed by atoms with Crippen LogP contribution >= 0.6 is 31.9 Å². The lowest BCUT2D eigenvalue weighted by atomic mass is 9.95. The van der Waals surface area contributed by atoms with E-state index in [1.807, 2.05) is 0 Å². The van der Waals surface area contributed by atoms with E-state index in [4.69, 9.17) is 9.47 Å². The van der Waals surface area contributed by atoms with Crippen molar-refractivity contribution < 1.29 is 19.1 Å². The van der Waals surface area contributed by atoms with Gasteiger partial charge in [0.25, 0.3) is 0 Å². The minimum Gasteiger partial charge on any atom is -0.469 e. The van der Waals surface area contributed by atoms with Crippen LogP contribution in [0.3, 0.4) is 0 Å². The van der Waals surface area contributed by atoms with Crippen LogP contribution in [0, 0.1) is 0 Å². The van der Waals surface area contributed by atoms with Crippen molar-refractivity contribution in [2.75, 3.05) is 6.61 Å². The van der Waals surface area contributed by atoms with E-state index in [-0.39, 0.29) is 16.6 Å². The second kappa shape index (κ2) is 7.83. The van der Waals surface area contributed by atoms with Crippen molar-refractivity contribution in [2.45, 2.75) is 23.8 Å². The Morgan fingerprint density at radius 1 is 1.30 bits per heavy atom. The summed E-state index contributed by atoms with van der Waals surface area (Å²) in [5.74, 6) is 0.190. The quantitative estimate of drug-likeness (QED) is 0.536. The van der Waals surface area contributed by atoms with Crippen LogP contribution in [0.15, 0.2) is 35.5 Å². The molecular weight excluding hydrogens is 432 g/mol. The number of hydrogen-bond donors (Lipinski definition) is 2. The van der Waals surface area contributed by atoms with E-state index >= 15 is 0 Å². The molecule has 1 aromatic rings. The van der Waals surface area contributed by atoms with E-state index in [1.165, 1.54) is 0 Å². The molecule has 2 rings (SSSR count). The lowest BCUT2D eigenvalue weighted by molar-refractivity contribution is -0.139. The van der Waals surface area contributed by atoms with Crippen LogP contribution in [0.2, 0.25) is 0 Å². The molecule has 0 aliphatic carbocycles. The molecule has 0 radical (unpaired) electrons. The highest BCUT2D eigenvalue weighted by atomic mass is 79.9. The fourth-order valence-electron chi connectivity index (χ4n) is 2.26. The van der Waals surface area contributed by atoms with Gasteiger partial charge in [-0.3, -0.25) is 0 Å². The molecule has 0 unspecified atom stereocenters. The summed E-state index contributed by atoms with van der Waals surface area (Å²) in [4.78, 5) is 24.0. The molecule has 0 saturated heterocycles. The summed E-state index contributed by atoms with van der Waals surface area (Å²) in [6.45, 7) is 3.68. The van der Waals surface area contributed by atoms with Crippen LogP contribution in [0.4, 0.5) is 4.79 Å². The number of allylic oxidation sites excluding steroid dienone is 1. The van der Waals surface area contributed by atoms with Crippen LogP contribution in [-0.2, 0) is 9.53 Å². The molecule has 6 nitrogen and oxygen atoms in total. The van der Waals surface area contributed by atoms with Gasteiger partial charge in [-0.1, -0.05) is 12.1 Å². The number of alkyl halides is 2. The monoisotopic (exact) mass is 446 g/mol. The Bertz CT molecular complexity index is 629. The molecule has 1 heterocycles. The minimum atomic E-state index is -0.569. The third-order valence-electron chi connectivity index (χ3n) is 3.20. The van der Waals surface area contributed by atoms with Crippen molar-refractivity contribution in [2.24, 2.45) is 0 Å². The molecule has 0 aromatic heterocycles. The van der Waals surface area contributed by atoms with Gasteiger partial charge in [-0.2, -0.15) is 0 Å². The summed E-state index contributed by atoms with van der Waals surface area (Å²) in [6.07, 6.45) is 0. The zero-order valence-electron chi connectivity index (χ0n) is 12.6. The zero-order valence-corrected chi connectivity index (χ0v) is 15.7. The number of carbonyl (C=O) groups is 2. The average molecular weight is 448 g/mol. The normalized spacial score (nSPS) is 17.6. The second-order valence-electron chi connectivity index (χ2n) is 4.74. The molecule has 23 heavy (non-hydrogen) atoms. The van der Waals surface area contributed by atoms with Gasteiger partial charge in [0.1, 0.15) is 5.75 Å². The van der Waals surface area contributed by atoms with Gasteiger partial charge < -0.3 is 20.1 Å². The van der Waals surface area contributed by atoms with Crippen molar-refractivity contribution in [3.63, 3.8) is 0 Å². The Morgan fingerprint density at radius 2 is 1.96 bits per heavy atom. The van der Waals surface area contributed by atoms with Crippen LogP contribution in [0.5, 0.6) is 5.75 Å². The third kappa shape index (κ3) is 4.48. The van der Waals surface area contributed by atoms with Gasteiger partial charge in [-0.15, -0.1) is 0 Å². The zero-order chi connectivity index (χ0) is 17.0. The first-order valence-corrected chi connectivity index (χ1v) is 8.75. The van der Waals surface area contributed by atoms with E-state index in [0.29, 0.717) is 17.0 Å². The highest BCUT2D eigenvalue weighted by Gasteiger charge is 2.32. The molecule has 0 saturated carbocycles. The summed E-state index contributed by atoms with van der Waals surface area (Å²) in [5.41, 5.74) is 1.63. The lowest BCUT2D eigenvalue weighted by Gasteiger charge is -2.28. The smallest absolute Gasteiger partial charge is 0.338 e. The lowest BCUT2D eigenvalue weighted by Crippen LogP contribution is -2.45. The van der Waals surface area contributed by atoms with Gasteiger partial charge >= 0.3 is 12.0 Å². The average Bonchev–Trinajstić information content (AvgIpc) is 2.46. The van der Waals surface area contributed by atoms with Crippen molar-refractivity contribution in [3.8, 4) is 5.75 Å². The Hall–Kier alpha value is -1.54. The molecule has 1 aliphatic rings. The van der Waals surface area contributed by atoms with Crippen LogP contribution in [-0.4, -0.2) is 22.5 Å². The number of nitrogens with one attached hydrogen (secondary N) is 2. The largest absolute Gasteiger partial charge is 0.469 e. The van der Waals surface area contributed by atoms with Gasteiger partial charge in [0.15, 0.2) is 0 Å². The predicted molar refractivity (Wildman–Crippen MR) is 92.5 cm³/mol. The topological polar surface area (TPSA) is 76.7 Å². The van der Waals surface area contributed by atoms with E-state index in [9.17, 15) is 9.59 Å². The molecule has 1 aromatic carbocycles. The van der Waals surface area contributed by atoms with Crippen LogP contribution in [0.1, 0.15) is 25.5 Å². The van der Waals surface area contributed by atoms with Crippen molar-refractivity contribution in [1.82, 2.24) is 10.6 Å². The maximum Gasteiger partial charge on any atom is 0.338 e. The summed E-state index contributed by atoms with van der Waals surface area (Å²) in [7, 11) is 0. The number of rotatable bonds is 5. The molecule has 1 aliphatic heterocycles. The Morgan fingerprint density at radius 3 is 2.52 bits per heavy atom. The number of carbonyl (C=O) groups excluding carboxylic acids is 2. The van der Waals surface area contributed by atoms with Crippen LogP contribution in [0.25, 0.3) is 0 Å². The number of urea groups is 1. The number of esters is 1. The van der Waals surface area contributed by atoms with Gasteiger partial charge in [0, 0.05) is 5.70 Å². The second-order valence-corrected chi connectivity index (χ2v) is 7.63. The van der Waals surface area contributed by atoms with Crippen molar-refractivity contribution in [1.29, 1.82) is 0 Å². The van der Waals surface area contributed by atoms with E-state index < -0.39 is 12.0 Å². The highest BCUT2D eigenvalue weighted by Crippen LogP contribution is 2.29. The maximum atomic E-state index is 12.2. The number of benzene rings is 1. The van der Waals surface area contributed by atoms with Gasteiger partial charge in [-0.05, 0) is 63.4 Å². The minimum absolute atomic E-state index is 0.265. The molecule has 0 spiro atoms. The summed E-state index contributed by atoms with van der Waals surface area (Å²) in [5, 5.41) is 5.34. The fraction of sp³-hybridized carbons (Fsp3) is 0.333. The Labute approximate surface area is 150 Å². The van der Waals surface area contributed by atoms with E-state index in [0.717, 1.165) is 5.56 Å². The molecule has 124 valence electrons.